The molecule has 0 radical (unpaired) electrons. The van der Waals surface area contributed by atoms with E-state index in [1.54, 1.807) is 18.3 Å². The highest BCUT2D eigenvalue weighted by molar-refractivity contribution is 6.32. The van der Waals surface area contributed by atoms with Gasteiger partial charge in [-0.2, -0.15) is 0 Å². The highest BCUT2D eigenvalue weighted by atomic mass is 35.5. The molecule has 0 atom stereocenters. The summed E-state index contributed by atoms with van der Waals surface area (Å²) in [6, 6.07) is 12.2. The lowest BCUT2D eigenvalue weighted by Gasteiger charge is -2.08. The zero-order chi connectivity index (χ0) is 17.6. The van der Waals surface area contributed by atoms with Crippen LogP contribution in [0.5, 0.6) is 0 Å². The lowest BCUT2D eigenvalue weighted by Crippen LogP contribution is -2.01. The van der Waals surface area contributed by atoms with Crippen LogP contribution in [-0.4, -0.2) is 19.3 Å². The molecule has 0 saturated heterocycles. The highest BCUT2D eigenvalue weighted by Gasteiger charge is 2.18. The summed E-state index contributed by atoms with van der Waals surface area (Å²) in [6.45, 7) is 0. The number of aromatic nitrogens is 3. The Kier molecular flexibility index (Phi) is 3.78. The fraction of sp³-hybridized carbons (Fsp3) is 0.0588. The Morgan fingerprint density at radius 2 is 1.96 bits per heavy atom. The number of imidazole rings is 1. The van der Waals surface area contributed by atoms with Gasteiger partial charge in [-0.05, 0) is 18.2 Å². The summed E-state index contributed by atoms with van der Waals surface area (Å²) < 4.78 is 1.88. The first-order valence-electron chi connectivity index (χ1n) is 7.38. The van der Waals surface area contributed by atoms with Crippen molar-refractivity contribution in [1.82, 2.24) is 14.4 Å². The molecule has 0 N–H and O–H groups in total. The molecule has 0 aliphatic rings. The molecule has 4 aromatic rings. The monoisotopic (exact) mass is 372 g/mol. The summed E-state index contributed by atoms with van der Waals surface area (Å²) in [6.07, 6.45) is 1.98. The van der Waals surface area contributed by atoms with E-state index in [9.17, 15) is 10.1 Å². The van der Waals surface area contributed by atoms with Crippen LogP contribution in [0.4, 0.5) is 5.69 Å². The Labute approximate surface area is 151 Å². The van der Waals surface area contributed by atoms with Gasteiger partial charge in [0.15, 0.2) is 10.8 Å². The molecule has 0 bridgehead atoms. The molecule has 8 heteroatoms. The van der Waals surface area contributed by atoms with Crippen molar-refractivity contribution in [3.63, 3.8) is 0 Å². The van der Waals surface area contributed by atoms with E-state index in [0.29, 0.717) is 22.7 Å². The average molecular weight is 373 g/mol. The quantitative estimate of drug-likeness (QED) is 0.386. The lowest BCUT2D eigenvalue weighted by atomic mass is 10.1. The summed E-state index contributed by atoms with van der Waals surface area (Å²) in [5.41, 5.74) is 3.39. The van der Waals surface area contributed by atoms with Crippen LogP contribution < -0.4 is 0 Å². The predicted octanol–water partition coefficient (Wildman–Crippen LogP) is 4.69. The smallest absolute Gasteiger partial charge is 0.274 e. The van der Waals surface area contributed by atoms with Gasteiger partial charge >= 0.3 is 0 Å². The molecule has 0 amide bonds. The van der Waals surface area contributed by atoms with Gasteiger partial charge in [0.05, 0.1) is 16.0 Å². The largest absolute Gasteiger partial charge is 0.292 e. The Bertz CT molecular complexity index is 1140. The molecule has 6 nitrogen and oxygen atoms in total. The van der Waals surface area contributed by atoms with Crippen molar-refractivity contribution in [2.75, 3.05) is 0 Å². The first-order chi connectivity index (χ1) is 12.0. The van der Waals surface area contributed by atoms with Crippen LogP contribution in [0.25, 0.3) is 16.7 Å². The molecule has 0 saturated carbocycles. The van der Waals surface area contributed by atoms with E-state index in [1.165, 1.54) is 6.07 Å². The average Bonchev–Trinajstić information content (AvgIpc) is 3.01. The number of halogens is 2. The molecule has 4 rings (SSSR count). The van der Waals surface area contributed by atoms with Gasteiger partial charge in [-0.15, -0.1) is 0 Å². The number of fused-ring (bicyclic) bond motifs is 3. The van der Waals surface area contributed by atoms with Crippen molar-refractivity contribution >= 4 is 45.6 Å². The summed E-state index contributed by atoms with van der Waals surface area (Å²) in [7, 11) is 0. The van der Waals surface area contributed by atoms with Gasteiger partial charge in [-0.25, -0.2) is 9.97 Å². The van der Waals surface area contributed by atoms with Gasteiger partial charge < -0.3 is 0 Å². The number of nitrogens with zero attached hydrogens (tertiary/aromatic N) is 4. The van der Waals surface area contributed by atoms with Crippen LogP contribution in [0.2, 0.25) is 10.2 Å². The minimum Gasteiger partial charge on any atom is -0.292 e. The molecule has 0 fully saturated rings. The van der Waals surface area contributed by atoms with E-state index < -0.39 is 4.92 Å². The van der Waals surface area contributed by atoms with Gasteiger partial charge in [0.2, 0.25) is 0 Å². The second-order valence-electron chi connectivity index (χ2n) is 5.51. The number of hydrogen-bond acceptors (Lipinski definition) is 4. The molecule has 2 heterocycles. The normalized spacial score (nSPS) is 11.3. The number of nitro groups is 1. The summed E-state index contributed by atoms with van der Waals surface area (Å²) in [5, 5.41) is 11.9. The second kappa shape index (κ2) is 5.98. The highest BCUT2D eigenvalue weighted by Crippen LogP contribution is 2.28. The maximum Gasteiger partial charge on any atom is 0.274 e. The fourth-order valence-corrected chi connectivity index (χ4v) is 3.27. The van der Waals surface area contributed by atoms with Gasteiger partial charge in [-0.1, -0.05) is 41.4 Å². The maximum absolute atomic E-state index is 11.3. The van der Waals surface area contributed by atoms with Crippen LogP contribution in [0.1, 0.15) is 11.3 Å². The van der Waals surface area contributed by atoms with E-state index in [4.69, 9.17) is 23.2 Å². The first kappa shape index (κ1) is 15.8. The van der Waals surface area contributed by atoms with E-state index in [-0.39, 0.29) is 10.8 Å². The molecule has 0 aliphatic heterocycles. The van der Waals surface area contributed by atoms with Gasteiger partial charge in [0, 0.05) is 35.0 Å². The number of rotatable bonds is 3. The van der Waals surface area contributed by atoms with Crippen molar-refractivity contribution in [3.05, 3.63) is 80.2 Å². The van der Waals surface area contributed by atoms with Crippen molar-refractivity contribution < 1.29 is 4.92 Å². The zero-order valence-electron chi connectivity index (χ0n) is 12.7. The summed E-state index contributed by atoms with van der Waals surface area (Å²) in [4.78, 5) is 19.6. The van der Waals surface area contributed by atoms with E-state index in [2.05, 4.69) is 9.97 Å². The van der Waals surface area contributed by atoms with Crippen molar-refractivity contribution in [2.24, 2.45) is 0 Å². The molecular formula is C17H10Cl2N4O2. The lowest BCUT2D eigenvalue weighted by molar-refractivity contribution is -0.385. The fourth-order valence-electron chi connectivity index (χ4n) is 2.88. The van der Waals surface area contributed by atoms with Crippen molar-refractivity contribution in [2.45, 2.75) is 6.42 Å². The standard InChI is InChI=1S/C17H10Cl2N4O2/c18-11-6-5-10(15(8-11)23(24)25)7-12-9-20-17-16(19)21-13-3-1-2-4-14(13)22(12)17/h1-6,8-9H,7H2. The van der Waals surface area contributed by atoms with E-state index >= 15 is 0 Å². The van der Waals surface area contributed by atoms with Crippen LogP contribution in [0.3, 0.4) is 0 Å². The Morgan fingerprint density at radius 3 is 2.76 bits per heavy atom. The Morgan fingerprint density at radius 1 is 1.16 bits per heavy atom. The Balaban J connectivity index is 1.93. The maximum atomic E-state index is 11.3. The third-order valence-electron chi connectivity index (χ3n) is 3.98. The third-order valence-corrected chi connectivity index (χ3v) is 4.46. The zero-order valence-corrected chi connectivity index (χ0v) is 14.2. The van der Waals surface area contributed by atoms with Gasteiger partial charge in [0.1, 0.15) is 0 Å². The predicted molar refractivity (Wildman–Crippen MR) is 96.4 cm³/mol. The topological polar surface area (TPSA) is 73.3 Å². The molecule has 0 unspecified atom stereocenters. The number of hydrogen-bond donors (Lipinski definition) is 0. The first-order valence-corrected chi connectivity index (χ1v) is 8.13. The minimum atomic E-state index is -0.433. The molecule has 2 aromatic carbocycles. The molecular weight excluding hydrogens is 363 g/mol. The molecule has 124 valence electrons. The van der Waals surface area contributed by atoms with Gasteiger partial charge in [-0.3, -0.25) is 14.5 Å². The summed E-state index contributed by atoms with van der Waals surface area (Å²) >= 11 is 12.1. The molecule has 25 heavy (non-hydrogen) atoms. The van der Waals surface area contributed by atoms with E-state index in [1.807, 2.05) is 28.7 Å². The van der Waals surface area contributed by atoms with Crippen LogP contribution in [0, 0.1) is 10.1 Å². The SMILES string of the molecule is O=[N+]([O-])c1cc(Cl)ccc1Cc1cnc2c(Cl)nc3ccccc3n12. The summed E-state index contributed by atoms with van der Waals surface area (Å²) in [5.74, 6) is 0. The molecule has 0 aliphatic carbocycles. The van der Waals surface area contributed by atoms with Crippen molar-refractivity contribution in [3.8, 4) is 0 Å². The Hall–Kier alpha value is -2.70. The second-order valence-corrected chi connectivity index (χ2v) is 6.30. The molecule has 0 spiro atoms. The number of benzene rings is 2. The van der Waals surface area contributed by atoms with Gasteiger partial charge in [0.25, 0.3) is 5.69 Å². The van der Waals surface area contributed by atoms with Crippen LogP contribution in [0.15, 0.2) is 48.7 Å². The number of para-hydroxylation sites is 2. The van der Waals surface area contributed by atoms with Crippen LogP contribution in [-0.2, 0) is 6.42 Å². The number of nitro benzene ring substituents is 1. The van der Waals surface area contributed by atoms with Crippen molar-refractivity contribution in [1.29, 1.82) is 0 Å². The minimum absolute atomic E-state index is 0.0214. The van der Waals surface area contributed by atoms with E-state index in [0.717, 1.165) is 16.7 Å². The molecule has 2 aromatic heterocycles. The third kappa shape index (κ3) is 2.69. The van der Waals surface area contributed by atoms with Crippen LogP contribution >= 0.6 is 23.2 Å².